The number of anilines is 1. The lowest BCUT2D eigenvalue weighted by molar-refractivity contribution is -0.141. The molecule has 1 atom stereocenters. The van der Waals surface area contributed by atoms with Crippen LogP contribution >= 0.6 is 0 Å². The number of rotatable bonds is 10. The van der Waals surface area contributed by atoms with Gasteiger partial charge in [-0.25, -0.2) is 4.98 Å². The monoisotopic (exact) mass is 484 g/mol. The summed E-state index contributed by atoms with van der Waals surface area (Å²) < 4.78 is 4.89. The van der Waals surface area contributed by atoms with Crippen molar-refractivity contribution in [3.63, 3.8) is 0 Å². The van der Waals surface area contributed by atoms with Crippen LogP contribution in [0.2, 0.25) is 0 Å². The van der Waals surface area contributed by atoms with Crippen LogP contribution in [0.4, 0.5) is 5.82 Å². The van der Waals surface area contributed by atoms with E-state index >= 15 is 0 Å². The Kier molecular flexibility index (Phi) is 12.3. The summed E-state index contributed by atoms with van der Waals surface area (Å²) >= 11 is 0. The summed E-state index contributed by atoms with van der Waals surface area (Å²) in [5.74, 6) is -0.113. The van der Waals surface area contributed by atoms with Gasteiger partial charge in [0.05, 0.1) is 20.1 Å². The average Bonchev–Trinajstić information content (AvgIpc) is 3.01. The zero-order valence-corrected chi connectivity index (χ0v) is 20.5. The Bertz CT molecular complexity index is 934. The number of aliphatic carboxylic acids is 1. The predicted molar refractivity (Wildman–Crippen MR) is 134 cm³/mol. The van der Waals surface area contributed by atoms with Crippen molar-refractivity contribution < 1.29 is 24.2 Å². The van der Waals surface area contributed by atoms with Crippen LogP contribution < -0.4 is 10.6 Å². The summed E-state index contributed by atoms with van der Waals surface area (Å²) in [6.07, 6.45) is 4.83. The summed E-state index contributed by atoms with van der Waals surface area (Å²) in [4.78, 5) is 39.8. The van der Waals surface area contributed by atoms with Crippen molar-refractivity contribution in [2.75, 3.05) is 45.2 Å². The summed E-state index contributed by atoms with van der Waals surface area (Å²) in [7, 11) is 1.42. The van der Waals surface area contributed by atoms with Crippen LogP contribution in [-0.4, -0.2) is 72.7 Å². The van der Waals surface area contributed by atoms with Crippen molar-refractivity contribution in [1.82, 2.24) is 15.2 Å². The Hall–Kier alpha value is -3.46. The molecule has 2 aromatic rings. The molecule has 9 heteroatoms. The number of ether oxygens (including phenoxy) is 1. The third kappa shape index (κ3) is 11.0. The van der Waals surface area contributed by atoms with Gasteiger partial charge in [0.15, 0.2) is 0 Å². The molecule has 0 radical (unpaired) electrons. The molecule has 0 fully saturated rings. The second-order valence-corrected chi connectivity index (χ2v) is 8.38. The molecule has 0 spiro atoms. The van der Waals surface area contributed by atoms with Gasteiger partial charge in [0.1, 0.15) is 5.82 Å². The summed E-state index contributed by atoms with van der Waals surface area (Å²) in [5, 5.41) is 13.7. The van der Waals surface area contributed by atoms with Gasteiger partial charge < -0.3 is 20.5 Å². The molecule has 2 heterocycles. The highest BCUT2D eigenvalue weighted by atomic mass is 16.5. The highest BCUT2D eigenvalue weighted by Gasteiger charge is 2.26. The number of nitrogens with one attached hydrogen (secondary N) is 2. The van der Waals surface area contributed by atoms with E-state index in [2.05, 4.69) is 32.7 Å². The fourth-order valence-electron chi connectivity index (χ4n) is 3.96. The molecule has 0 aliphatic carbocycles. The molecule has 1 aromatic carbocycles. The molecule has 1 aliphatic rings. The van der Waals surface area contributed by atoms with Crippen LogP contribution in [0.3, 0.4) is 0 Å². The van der Waals surface area contributed by atoms with Gasteiger partial charge in [-0.3, -0.25) is 19.3 Å². The lowest BCUT2D eigenvalue weighted by atomic mass is 9.91. The summed E-state index contributed by atoms with van der Waals surface area (Å²) in [6.45, 7) is 4.39. The number of hydrogen-bond donors (Lipinski definition) is 3. The van der Waals surface area contributed by atoms with Crippen molar-refractivity contribution >= 4 is 23.7 Å². The maximum atomic E-state index is 12.5. The standard InChI is InChI=1S/C24H32N4O3.C2H4O2/c1-31-24(30)16-20-17-28(15-11-19-8-2-3-9-21(19)20)18-23(29)27-14-7-6-13-26-22-10-4-5-12-25-22;1-2(3)4/h2-5,8-10,12,20H,6-7,11,13-18H2,1H3,(H,25,26)(H,27,29);1H3,(H,3,4). The number of carbonyl (C=O) groups excluding carboxylic acids is 2. The van der Waals surface area contributed by atoms with Crippen molar-refractivity contribution in [2.24, 2.45) is 0 Å². The van der Waals surface area contributed by atoms with Crippen LogP contribution in [-0.2, 0) is 25.5 Å². The Morgan fingerprint density at radius 3 is 2.54 bits per heavy atom. The van der Waals surface area contributed by atoms with E-state index in [4.69, 9.17) is 14.6 Å². The maximum Gasteiger partial charge on any atom is 0.306 e. The minimum absolute atomic E-state index is 0.0282. The van der Waals surface area contributed by atoms with Crippen LogP contribution in [0.15, 0.2) is 48.7 Å². The molecular weight excluding hydrogens is 448 g/mol. The minimum atomic E-state index is -0.833. The minimum Gasteiger partial charge on any atom is -0.481 e. The van der Waals surface area contributed by atoms with Crippen LogP contribution in [0.25, 0.3) is 0 Å². The van der Waals surface area contributed by atoms with E-state index in [1.807, 2.05) is 30.3 Å². The van der Waals surface area contributed by atoms with Gasteiger partial charge >= 0.3 is 5.97 Å². The Balaban J connectivity index is 0.00000100. The van der Waals surface area contributed by atoms with Crippen LogP contribution in [0, 0.1) is 0 Å². The van der Waals surface area contributed by atoms with Gasteiger partial charge in [-0.15, -0.1) is 0 Å². The van der Waals surface area contributed by atoms with E-state index in [-0.39, 0.29) is 17.8 Å². The Labute approximate surface area is 206 Å². The normalized spacial score (nSPS) is 15.0. The third-order valence-electron chi connectivity index (χ3n) is 5.58. The first kappa shape index (κ1) is 27.8. The van der Waals surface area contributed by atoms with E-state index in [9.17, 15) is 9.59 Å². The predicted octanol–water partition coefficient (Wildman–Crippen LogP) is 2.69. The van der Waals surface area contributed by atoms with E-state index in [0.717, 1.165) is 45.1 Å². The molecule has 1 unspecified atom stereocenters. The quantitative estimate of drug-likeness (QED) is 0.348. The molecule has 0 saturated carbocycles. The van der Waals surface area contributed by atoms with E-state index in [1.54, 1.807) is 6.20 Å². The van der Waals surface area contributed by atoms with Crippen molar-refractivity contribution in [2.45, 2.75) is 38.5 Å². The molecular formula is C26H36N4O5. The molecule has 3 rings (SSSR count). The first-order chi connectivity index (χ1) is 16.9. The SMILES string of the molecule is CC(=O)O.COC(=O)CC1CN(CC(=O)NCCCCNc2ccccn2)CCc2ccccc21. The molecule has 1 amide bonds. The number of methoxy groups -OCH3 is 1. The molecule has 35 heavy (non-hydrogen) atoms. The number of benzene rings is 1. The molecule has 3 N–H and O–H groups in total. The second-order valence-electron chi connectivity index (χ2n) is 8.38. The summed E-state index contributed by atoms with van der Waals surface area (Å²) in [6, 6.07) is 14.0. The number of amides is 1. The molecule has 1 aromatic heterocycles. The number of aromatic nitrogens is 1. The number of carboxylic acid groups (broad SMARTS) is 1. The molecule has 190 valence electrons. The number of esters is 1. The van der Waals surface area contributed by atoms with Crippen molar-refractivity contribution in [3.8, 4) is 0 Å². The molecule has 0 saturated heterocycles. The largest absolute Gasteiger partial charge is 0.481 e. The first-order valence-electron chi connectivity index (χ1n) is 11.9. The van der Waals surface area contributed by atoms with Gasteiger partial charge in [-0.1, -0.05) is 30.3 Å². The average molecular weight is 485 g/mol. The second kappa shape index (κ2) is 15.4. The van der Waals surface area contributed by atoms with Crippen molar-refractivity contribution in [3.05, 3.63) is 59.8 Å². The lowest BCUT2D eigenvalue weighted by Crippen LogP contribution is -2.39. The van der Waals surface area contributed by atoms with Gasteiger partial charge in [0.2, 0.25) is 5.91 Å². The number of carbonyl (C=O) groups is 3. The first-order valence-corrected chi connectivity index (χ1v) is 11.9. The zero-order chi connectivity index (χ0) is 25.5. The fourth-order valence-corrected chi connectivity index (χ4v) is 3.96. The Morgan fingerprint density at radius 2 is 1.83 bits per heavy atom. The maximum absolute atomic E-state index is 12.5. The number of hydrogen-bond acceptors (Lipinski definition) is 7. The Morgan fingerprint density at radius 1 is 1.11 bits per heavy atom. The summed E-state index contributed by atoms with van der Waals surface area (Å²) in [5.41, 5.74) is 2.44. The van der Waals surface area contributed by atoms with Gasteiger partial charge in [0, 0.05) is 45.2 Å². The topological polar surface area (TPSA) is 121 Å². The van der Waals surface area contributed by atoms with Gasteiger partial charge in [-0.2, -0.15) is 0 Å². The number of carboxylic acids is 1. The number of fused-ring (bicyclic) bond motifs is 1. The van der Waals surface area contributed by atoms with E-state index in [0.29, 0.717) is 26.1 Å². The highest BCUT2D eigenvalue weighted by molar-refractivity contribution is 5.78. The number of nitrogens with zero attached hydrogens (tertiary/aromatic N) is 2. The number of pyridine rings is 1. The van der Waals surface area contributed by atoms with E-state index < -0.39 is 5.97 Å². The highest BCUT2D eigenvalue weighted by Crippen LogP contribution is 2.28. The van der Waals surface area contributed by atoms with Crippen LogP contribution in [0.5, 0.6) is 0 Å². The van der Waals surface area contributed by atoms with Crippen LogP contribution in [0.1, 0.15) is 43.2 Å². The van der Waals surface area contributed by atoms with E-state index in [1.165, 1.54) is 18.2 Å². The smallest absolute Gasteiger partial charge is 0.306 e. The zero-order valence-electron chi connectivity index (χ0n) is 20.5. The van der Waals surface area contributed by atoms with Gasteiger partial charge in [0.25, 0.3) is 5.97 Å². The number of unbranched alkanes of at least 4 members (excludes halogenated alkanes) is 1. The van der Waals surface area contributed by atoms with Crippen molar-refractivity contribution in [1.29, 1.82) is 0 Å². The fraction of sp³-hybridized carbons (Fsp3) is 0.462. The molecule has 0 bridgehead atoms. The lowest BCUT2D eigenvalue weighted by Gasteiger charge is -2.24. The third-order valence-corrected chi connectivity index (χ3v) is 5.58. The molecule has 9 nitrogen and oxygen atoms in total. The van der Waals surface area contributed by atoms with Gasteiger partial charge in [-0.05, 0) is 42.5 Å². The molecule has 1 aliphatic heterocycles.